The van der Waals surface area contributed by atoms with Crippen LogP contribution < -0.4 is 15.2 Å². The summed E-state index contributed by atoms with van der Waals surface area (Å²) in [6.45, 7) is 0.917. The third kappa shape index (κ3) is 1.28. The van der Waals surface area contributed by atoms with Gasteiger partial charge in [-0.15, -0.1) is 0 Å². The molecule has 2 N–H and O–H groups in total. The molecule has 1 spiro atoms. The van der Waals surface area contributed by atoms with Crippen LogP contribution in [0.15, 0.2) is 24.3 Å². The molecule has 1 saturated heterocycles. The van der Waals surface area contributed by atoms with Crippen molar-refractivity contribution in [3.63, 3.8) is 0 Å². The number of nitrogens with two attached hydrogens (primary N) is 1. The maximum Gasteiger partial charge on any atom is 0.196 e. The van der Waals surface area contributed by atoms with Crippen LogP contribution in [0.2, 0.25) is 0 Å². The van der Waals surface area contributed by atoms with Crippen LogP contribution >= 0.6 is 0 Å². The highest BCUT2D eigenvalue weighted by Gasteiger charge is 2.70. The molecule has 5 rings (SSSR count). The number of hydrogen-bond donors (Lipinski definition) is 1. The van der Waals surface area contributed by atoms with Crippen LogP contribution in [0, 0.1) is 0 Å². The molecule has 0 radical (unpaired) electrons. The summed E-state index contributed by atoms with van der Waals surface area (Å²) >= 11 is 0. The van der Waals surface area contributed by atoms with Gasteiger partial charge >= 0.3 is 0 Å². The van der Waals surface area contributed by atoms with E-state index in [4.69, 9.17) is 15.2 Å². The Morgan fingerprint density at radius 3 is 3.04 bits per heavy atom. The average molecular weight is 312 g/mol. The minimum atomic E-state index is -0.580. The summed E-state index contributed by atoms with van der Waals surface area (Å²) in [4.78, 5) is 14.9. The molecule has 1 aromatic rings. The monoisotopic (exact) mass is 312 g/mol. The van der Waals surface area contributed by atoms with Crippen LogP contribution in [-0.2, 0) is 16.6 Å². The standard InChI is InChI=1S/C18H20N2O3/c1-20-8-7-17-14-10-3-4-12(22-2)15(14)23-16(17)11(21)5-6-18(17,19)13(20)9-10/h3-6,13,16H,7-9,19H2,1-2H3/t13-,16+,17+,18-/m1/s1. The Morgan fingerprint density at radius 2 is 2.26 bits per heavy atom. The molecule has 23 heavy (non-hydrogen) atoms. The van der Waals surface area contributed by atoms with E-state index >= 15 is 0 Å². The van der Waals surface area contributed by atoms with Gasteiger partial charge in [0.05, 0.1) is 18.1 Å². The number of piperidine rings is 1. The van der Waals surface area contributed by atoms with Gasteiger partial charge < -0.3 is 20.1 Å². The van der Waals surface area contributed by atoms with Crippen molar-refractivity contribution in [1.82, 2.24) is 4.90 Å². The van der Waals surface area contributed by atoms with Gasteiger partial charge in [0, 0.05) is 11.6 Å². The molecule has 5 heteroatoms. The Balaban J connectivity index is 1.89. The summed E-state index contributed by atoms with van der Waals surface area (Å²) in [5.41, 5.74) is 8.30. The van der Waals surface area contributed by atoms with Gasteiger partial charge in [0.25, 0.3) is 0 Å². The number of methoxy groups -OCH3 is 1. The predicted molar refractivity (Wildman–Crippen MR) is 84.9 cm³/mol. The number of ether oxygens (including phenoxy) is 2. The molecule has 0 aromatic heterocycles. The zero-order valence-electron chi connectivity index (χ0n) is 13.3. The number of nitrogens with zero attached hydrogens (tertiary/aromatic N) is 1. The topological polar surface area (TPSA) is 64.8 Å². The van der Waals surface area contributed by atoms with Crippen molar-refractivity contribution in [2.45, 2.75) is 35.9 Å². The van der Waals surface area contributed by atoms with Crippen LogP contribution in [0.4, 0.5) is 0 Å². The van der Waals surface area contributed by atoms with E-state index in [9.17, 15) is 4.79 Å². The van der Waals surface area contributed by atoms with Crippen molar-refractivity contribution >= 4 is 5.78 Å². The third-order valence-electron chi connectivity index (χ3n) is 6.47. The molecule has 2 heterocycles. The van der Waals surface area contributed by atoms with E-state index in [1.807, 2.05) is 12.1 Å². The Morgan fingerprint density at radius 1 is 1.43 bits per heavy atom. The van der Waals surface area contributed by atoms with E-state index in [0.717, 1.165) is 30.7 Å². The number of rotatable bonds is 1. The fraction of sp³-hybridized carbons (Fsp3) is 0.500. The van der Waals surface area contributed by atoms with E-state index < -0.39 is 17.1 Å². The molecule has 0 unspecified atom stereocenters. The first-order chi connectivity index (χ1) is 11.0. The molecule has 0 saturated carbocycles. The molecule has 1 fully saturated rings. The zero-order valence-corrected chi connectivity index (χ0v) is 13.3. The SMILES string of the molecule is COc1ccc2c3c1O[C@H]1C(=O)C=C[C@@]4(N)[C@@H](C2)N(C)CC[C@]314. The maximum absolute atomic E-state index is 12.6. The molecular weight excluding hydrogens is 292 g/mol. The van der Waals surface area contributed by atoms with E-state index in [1.54, 1.807) is 13.2 Å². The number of hydrogen-bond acceptors (Lipinski definition) is 5. The number of benzene rings is 1. The normalized spacial score (nSPS) is 39.9. The lowest BCUT2D eigenvalue weighted by Crippen LogP contribution is -2.78. The molecule has 120 valence electrons. The molecule has 0 amide bonds. The highest BCUT2D eigenvalue weighted by molar-refractivity contribution is 5.99. The van der Waals surface area contributed by atoms with Gasteiger partial charge in [0.2, 0.25) is 0 Å². The maximum atomic E-state index is 12.6. The Labute approximate surface area is 135 Å². The van der Waals surface area contributed by atoms with Crippen LogP contribution in [-0.4, -0.2) is 49.1 Å². The first-order valence-electron chi connectivity index (χ1n) is 8.12. The van der Waals surface area contributed by atoms with Gasteiger partial charge in [-0.1, -0.05) is 12.1 Å². The van der Waals surface area contributed by atoms with E-state index in [-0.39, 0.29) is 11.8 Å². The number of likely N-dealkylation sites (N-methyl/N-ethyl adjacent to an activating group) is 1. The van der Waals surface area contributed by atoms with Gasteiger partial charge in [-0.05, 0) is 44.1 Å². The van der Waals surface area contributed by atoms with Crippen LogP contribution in [0.5, 0.6) is 11.5 Å². The van der Waals surface area contributed by atoms with Crippen molar-refractivity contribution in [3.05, 3.63) is 35.4 Å². The lowest BCUT2D eigenvalue weighted by Gasteiger charge is -2.61. The third-order valence-corrected chi connectivity index (χ3v) is 6.47. The van der Waals surface area contributed by atoms with Crippen molar-refractivity contribution in [3.8, 4) is 11.5 Å². The minimum Gasteiger partial charge on any atom is -0.493 e. The van der Waals surface area contributed by atoms with Gasteiger partial charge in [-0.25, -0.2) is 0 Å². The molecule has 2 bridgehead atoms. The lowest BCUT2D eigenvalue weighted by atomic mass is 9.49. The minimum absolute atomic E-state index is 0.0143. The van der Waals surface area contributed by atoms with Gasteiger partial charge in [-0.2, -0.15) is 0 Å². The fourth-order valence-electron chi connectivity index (χ4n) is 5.38. The zero-order chi connectivity index (χ0) is 16.0. The van der Waals surface area contributed by atoms with Crippen molar-refractivity contribution in [1.29, 1.82) is 0 Å². The molecule has 4 aliphatic rings. The summed E-state index contributed by atoms with van der Waals surface area (Å²) in [6.07, 6.45) is 4.73. The highest BCUT2D eigenvalue weighted by Crippen LogP contribution is 2.62. The second-order valence-electron chi connectivity index (χ2n) is 7.22. The van der Waals surface area contributed by atoms with E-state index in [2.05, 4.69) is 18.0 Å². The molecule has 2 aliphatic carbocycles. The van der Waals surface area contributed by atoms with Gasteiger partial charge in [-0.3, -0.25) is 4.79 Å². The second kappa shape index (κ2) is 3.97. The molecular formula is C18H20N2O3. The second-order valence-corrected chi connectivity index (χ2v) is 7.22. The highest BCUT2D eigenvalue weighted by atomic mass is 16.5. The Bertz CT molecular complexity index is 774. The summed E-state index contributed by atoms with van der Waals surface area (Å²) in [5.74, 6) is 1.44. The number of ketones is 1. The summed E-state index contributed by atoms with van der Waals surface area (Å²) in [5, 5.41) is 0. The van der Waals surface area contributed by atoms with E-state index in [1.165, 1.54) is 5.56 Å². The van der Waals surface area contributed by atoms with Crippen molar-refractivity contribution < 1.29 is 14.3 Å². The Hall–Kier alpha value is -1.85. The van der Waals surface area contributed by atoms with Gasteiger partial charge in [0.1, 0.15) is 0 Å². The van der Waals surface area contributed by atoms with Gasteiger partial charge in [0.15, 0.2) is 23.4 Å². The van der Waals surface area contributed by atoms with Crippen LogP contribution in [0.25, 0.3) is 0 Å². The number of likely N-dealkylation sites (tertiary alicyclic amines) is 1. The summed E-state index contributed by atoms with van der Waals surface area (Å²) in [7, 11) is 3.76. The Kier molecular flexibility index (Phi) is 2.34. The smallest absolute Gasteiger partial charge is 0.196 e. The van der Waals surface area contributed by atoms with Crippen molar-refractivity contribution in [2.75, 3.05) is 20.7 Å². The molecule has 2 aliphatic heterocycles. The number of carbonyl (C=O) groups is 1. The van der Waals surface area contributed by atoms with Crippen LogP contribution in [0.1, 0.15) is 17.5 Å². The van der Waals surface area contributed by atoms with Crippen LogP contribution in [0.3, 0.4) is 0 Å². The molecule has 5 nitrogen and oxygen atoms in total. The van der Waals surface area contributed by atoms with E-state index in [0.29, 0.717) is 5.75 Å². The summed E-state index contributed by atoms with van der Waals surface area (Å²) < 4.78 is 11.7. The number of carbonyl (C=O) groups excluding carboxylic acids is 1. The van der Waals surface area contributed by atoms with Crippen molar-refractivity contribution in [2.24, 2.45) is 5.73 Å². The largest absolute Gasteiger partial charge is 0.493 e. The predicted octanol–water partition coefficient (Wildman–Crippen LogP) is 0.791. The quantitative estimate of drug-likeness (QED) is 0.830. The fourth-order valence-corrected chi connectivity index (χ4v) is 5.38. The average Bonchev–Trinajstić information content (AvgIpc) is 2.90. The first kappa shape index (κ1) is 13.6. The first-order valence-corrected chi connectivity index (χ1v) is 8.12. The molecule has 1 aromatic carbocycles. The summed E-state index contributed by atoms with van der Waals surface area (Å²) in [6, 6.07) is 4.23. The molecule has 4 atom stereocenters. The lowest BCUT2D eigenvalue weighted by molar-refractivity contribution is -0.128.